The van der Waals surface area contributed by atoms with E-state index in [-0.39, 0.29) is 12.1 Å². The molecule has 1 aliphatic carbocycles. The maximum atomic E-state index is 10.4. The van der Waals surface area contributed by atoms with E-state index < -0.39 is 6.10 Å². The van der Waals surface area contributed by atoms with Crippen molar-refractivity contribution in [2.45, 2.75) is 37.5 Å². The van der Waals surface area contributed by atoms with Crippen LogP contribution < -0.4 is 15.8 Å². The van der Waals surface area contributed by atoms with E-state index in [2.05, 4.69) is 17.4 Å². The average Bonchev–Trinajstić information content (AvgIpc) is 3.02. The standard InChI is InChI=1S/C20H26N2O2/c1-24-16-9-7-15-8-10-19(17(15)12-16)22-13-20(23)18(21)11-14-5-3-2-4-6-14/h2-7,9,12,18-20,22-23H,8,10-11,13,21H2,1H3/t18-,19?,20+/m0/s1. The van der Waals surface area contributed by atoms with Gasteiger partial charge < -0.3 is 20.9 Å². The summed E-state index contributed by atoms with van der Waals surface area (Å²) in [7, 11) is 1.69. The highest BCUT2D eigenvalue weighted by Crippen LogP contribution is 2.33. The molecule has 0 spiro atoms. The van der Waals surface area contributed by atoms with Gasteiger partial charge in [-0.05, 0) is 48.1 Å². The third-order valence-corrected chi connectivity index (χ3v) is 4.81. The van der Waals surface area contributed by atoms with Gasteiger partial charge in [-0.2, -0.15) is 0 Å². The van der Waals surface area contributed by atoms with Crippen molar-refractivity contribution < 1.29 is 9.84 Å². The summed E-state index contributed by atoms with van der Waals surface area (Å²) in [5.74, 6) is 0.878. The van der Waals surface area contributed by atoms with Crippen molar-refractivity contribution >= 4 is 0 Å². The molecule has 1 aliphatic rings. The topological polar surface area (TPSA) is 67.5 Å². The molecule has 2 aromatic carbocycles. The number of benzene rings is 2. The van der Waals surface area contributed by atoms with E-state index >= 15 is 0 Å². The molecule has 0 saturated carbocycles. The minimum Gasteiger partial charge on any atom is -0.497 e. The van der Waals surface area contributed by atoms with Crippen molar-refractivity contribution in [3.05, 3.63) is 65.2 Å². The Balaban J connectivity index is 1.55. The van der Waals surface area contributed by atoms with Gasteiger partial charge >= 0.3 is 0 Å². The maximum Gasteiger partial charge on any atom is 0.119 e. The van der Waals surface area contributed by atoms with Crippen LogP contribution in [-0.4, -0.2) is 30.9 Å². The number of nitrogens with one attached hydrogen (secondary N) is 1. The van der Waals surface area contributed by atoms with Crippen molar-refractivity contribution in [1.29, 1.82) is 0 Å². The van der Waals surface area contributed by atoms with Gasteiger partial charge in [0.25, 0.3) is 0 Å². The van der Waals surface area contributed by atoms with Gasteiger partial charge in [0.15, 0.2) is 0 Å². The molecule has 0 amide bonds. The Morgan fingerprint density at radius 3 is 2.79 bits per heavy atom. The molecule has 0 bridgehead atoms. The summed E-state index contributed by atoms with van der Waals surface area (Å²) in [5.41, 5.74) is 9.95. The molecule has 24 heavy (non-hydrogen) atoms. The van der Waals surface area contributed by atoms with Gasteiger partial charge in [-0.3, -0.25) is 0 Å². The molecule has 1 unspecified atom stereocenters. The van der Waals surface area contributed by atoms with Crippen LogP contribution in [0.2, 0.25) is 0 Å². The van der Waals surface area contributed by atoms with E-state index in [0.717, 1.165) is 24.2 Å². The summed E-state index contributed by atoms with van der Waals surface area (Å²) >= 11 is 0. The summed E-state index contributed by atoms with van der Waals surface area (Å²) in [6, 6.07) is 16.3. The summed E-state index contributed by atoms with van der Waals surface area (Å²) in [6.45, 7) is 0.495. The van der Waals surface area contributed by atoms with Crippen LogP contribution in [0.15, 0.2) is 48.5 Å². The van der Waals surface area contributed by atoms with Gasteiger partial charge in [0.2, 0.25) is 0 Å². The number of hydrogen-bond donors (Lipinski definition) is 3. The molecule has 4 nitrogen and oxygen atoms in total. The molecular formula is C20H26N2O2. The SMILES string of the molecule is COc1ccc2c(c1)C(NC[C@@H](O)[C@@H](N)Cc1ccccc1)CC2. The fraction of sp³-hybridized carbons (Fsp3) is 0.400. The third-order valence-electron chi connectivity index (χ3n) is 4.81. The summed E-state index contributed by atoms with van der Waals surface area (Å²) in [4.78, 5) is 0. The van der Waals surface area contributed by atoms with Crippen molar-refractivity contribution in [2.24, 2.45) is 5.73 Å². The van der Waals surface area contributed by atoms with Crippen LogP contribution in [0.5, 0.6) is 5.75 Å². The van der Waals surface area contributed by atoms with Crippen molar-refractivity contribution in [3.63, 3.8) is 0 Å². The number of fused-ring (bicyclic) bond motifs is 1. The van der Waals surface area contributed by atoms with E-state index in [9.17, 15) is 5.11 Å². The second kappa shape index (κ2) is 7.79. The molecule has 3 atom stereocenters. The fourth-order valence-corrected chi connectivity index (χ4v) is 3.36. The predicted octanol–water partition coefficient (Wildman–Crippen LogP) is 2.20. The van der Waals surface area contributed by atoms with Crippen LogP contribution in [-0.2, 0) is 12.8 Å². The monoisotopic (exact) mass is 326 g/mol. The van der Waals surface area contributed by atoms with Crippen LogP contribution in [0.25, 0.3) is 0 Å². The zero-order valence-electron chi connectivity index (χ0n) is 14.1. The summed E-state index contributed by atoms with van der Waals surface area (Å²) in [6.07, 6.45) is 2.21. The second-order valence-electron chi connectivity index (χ2n) is 6.49. The minimum atomic E-state index is -0.570. The lowest BCUT2D eigenvalue weighted by molar-refractivity contribution is 0.138. The van der Waals surface area contributed by atoms with Crippen molar-refractivity contribution in [3.8, 4) is 5.75 Å². The minimum absolute atomic E-state index is 0.258. The lowest BCUT2D eigenvalue weighted by Crippen LogP contribution is -2.43. The summed E-state index contributed by atoms with van der Waals surface area (Å²) < 4.78 is 5.32. The number of aliphatic hydroxyl groups is 1. The summed E-state index contributed by atoms with van der Waals surface area (Å²) in [5, 5.41) is 13.8. The molecule has 0 saturated heterocycles. The van der Waals surface area contributed by atoms with Gasteiger partial charge in [0, 0.05) is 18.6 Å². The van der Waals surface area contributed by atoms with E-state index in [1.54, 1.807) is 7.11 Å². The van der Waals surface area contributed by atoms with Gasteiger partial charge in [-0.1, -0.05) is 36.4 Å². The third kappa shape index (κ3) is 3.96. The Bertz CT molecular complexity index is 660. The number of nitrogens with two attached hydrogens (primary N) is 1. The van der Waals surface area contributed by atoms with E-state index in [1.165, 1.54) is 11.1 Å². The number of methoxy groups -OCH3 is 1. The maximum absolute atomic E-state index is 10.4. The average molecular weight is 326 g/mol. The number of hydrogen-bond acceptors (Lipinski definition) is 4. The molecular weight excluding hydrogens is 300 g/mol. The molecule has 4 heteroatoms. The highest BCUT2D eigenvalue weighted by atomic mass is 16.5. The molecule has 0 aliphatic heterocycles. The molecule has 0 heterocycles. The van der Waals surface area contributed by atoms with Crippen LogP contribution >= 0.6 is 0 Å². The first-order valence-corrected chi connectivity index (χ1v) is 8.55. The van der Waals surface area contributed by atoms with Crippen LogP contribution in [0.1, 0.15) is 29.2 Å². The first-order chi connectivity index (χ1) is 11.7. The lowest BCUT2D eigenvalue weighted by atomic mass is 10.0. The highest BCUT2D eigenvalue weighted by molar-refractivity contribution is 5.40. The normalized spacial score (nSPS) is 18.9. The van der Waals surface area contributed by atoms with E-state index in [0.29, 0.717) is 13.0 Å². The van der Waals surface area contributed by atoms with Crippen LogP contribution in [0.4, 0.5) is 0 Å². The highest BCUT2D eigenvalue weighted by Gasteiger charge is 2.24. The van der Waals surface area contributed by atoms with E-state index in [4.69, 9.17) is 10.5 Å². The Labute approximate surface area is 143 Å². The first kappa shape index (κ1) is 17.0. The smallest absolute Gasteiger partial charge is 0.119 e. The molecule has 2 aromatic rings. The second-order valence-corrected chi connectivity index (χ2v) is 6.49. The van der Waals surface area contributed by atoms with E-state index in [1.807, 2.05) is 36.4 Å². The zero-order valence-corrected chi connectivity index (χ0v) is 14.1. The predicted molar refractivity (Wildman–Crippen MR) is 96.2 cm³/mol. The van der Waals surface area contributed by atoms with Gasteiger partial charge in [-0.15, -0.1) is 0 Å². The zero-order chi connectivity index (χ0) is 16.9. The Morgan fingerprint density at radius 1 is 1.25 bits per heavy atom. The van der Waals surface area contributed by atoms with Gasteiger partial charge in [-0.25, -0.2) is 0 Å². The number of rotatable bonds is 7. The molecule has 0 aromatic heterocycles. The largest absolute Gasteiger partial charge is 0.497 e. The van der Waals surface area contributed by atoms with Crippen LogP contribution in [0.3, 0.4) is 0 Å². The quantitative estimate of drug-likeness (QED) is 0.730. The number of aryl methyl sites for hydroxylation is 1. The fourth-order valence-electron chi connectivity index (χ4n) is 3.36. The molecule has 3 rings (SSSR count). The molecule has 128 valence electrons. The lowest BCUT2D eigenvalue weighted by Gasteiger charge is -2.22. The van der Waals surface area contributed by atoms with Crippen molar-refractivity contribution in [1.82, 2.24) is 5.32 Å². The van der Waals surface area contributed by atoms with Gasteiger partial charge in [0.1, 0.15) is 5.75 Å². The molecule has 0 radical (unpaired) electrons. The first-order valence-electron chi connectivity index (χ1n) is 8.55. The number of aliphatic hydroxyl groups excluding tert-OH is 1. The van der Waals surface area contributed by atoms with Crippen molar-refractivity contribution in [2.75, 3.05) is 13.7 Å². The Morgan fingerprint density at radius 2 is 2.04 bits per heavy atom. The Hall–Kier alpha value is -1.88. The molecule has 0 fully saturated rings. The van der Waals surface area contributed by atoms with Crippen LogP contribution in [0, 0.1) is 0 Å². The molecule has 4 N–H and O–H groups in total. The van der Waals surface area contributed by atoms with Gasteiger partial charge in [0.05, 0.1) is 13.2 Å². The Kier molecular flexibility index (Phi) is 5.51. The number of ether oxygens (including phenoxy) is 1.